The molecule has 0 aliphatic carbocycles. The quantitative estimate of drug-likeness (QED) is 0.278. The molecule has 0 aromatic carbocycles. The number of unbranched alkanes of at least 4 members (excludes halogenated alkanes) is 7. The largest absolute Gasteiger partial charge is 0.550 e. The first kappa shape index (κ1) is 18.2. The second kappa shape index (κ2) is 11.8. The van der Waals surface area contributed by atoms with Crippen molar-refractivity contribution < 1.29 is 14.6 Å². The number of carbonyl (C=O) groups excluding carboxylic acids is 1. The molecule has 0 bridgehead atoms. The van der Waals surface area contributed by atoms with Crippen molar-refractivity contribution >= 4 is 5.97 Å². The zero-order valence-electron chi connectivity index (χ0n) is 13.5. The Morgan fingerprint density at radius 3 is 2.52 bits per heavy atom. The number of carboxylic acids is 1. The van der Waals surface area contributed by atoms with Gasteiger partial charge in [-0.3, -0.25) is 0 Å². The van der Waals surface area contributed by atoms with Crippen LogP contribution in [0.5, 0.6) is 0 Å². The summed E-state index contributed by atoms with van der Waals surface area (Å²) < 4.78 is 5.67. The number of epoxide rings is 1. The maximum Gasteiger partial charge on any atom is 0.0876 e. The number of hydrogen-bond donors (Lipinski definition) is 0. The lowest BCUT2D eigenvalue weighted by Crippen LogP contribution is -2.21. The molecule has 0 amide bonds. The molecule has 1 heterocycles. The van der Waals surface area contributed by atoms with Gasteiger partial charge in [0.25, 0.3) is 0 Å². The lowest BCUT2D eigenvalue weighted by Gasteiger charge is -2.01. The molecule has 0 aromatic heterocycles. The second-order valence-electron chi connectivity index (χ2n) is 6.09. The van der Waals surface area contributed by atoms with Crippen molar-refractivity contribution in [3.63, 3.8) is 0 Å². The number of ether oxygens (including phenoxy) is 1. The van der Waals surface area contributed by atoms with E-state index < -0.39 is 5.97 Å². The van der Waals surface area contributed by atoms with Crippen LogP contribution in [0.25, 0.3) is 0 Å². The van der Waals surface area contributed by atoms with E-state index in [1.165, 1.54) is 38.5 Å². The predicted molar refractivity (Wildman–Crippen MR) is 83.9 cm³/mol. The van der Waals surface area contributed by atoms with Crippen LogP contribution < -0.4 is 5.11 Å². The van der Waals surface area contributed by atoms with Gasteiger partial charge in [-0.1, -0.05) is 57.6 Å². The van der Waals surface area contributed by atoms with Crippen LogP contribution in [-0.4, -0.2) is 18.2 Å². The van der Waals surface area contributed by atoms with Gasteiger partial charge in [-0.25, -0.2) is 0 Å². The normalized spacial score (nSPS) is 21.0. The van der Waals surface area contributed by atoms with Crippen molar-refractivity contribution in [3.8, 4) is 0 Å². The number of allylic oxidation sites excluding steroid dienone is 1. The van der Waals surface area contributed by atoms with E-state index in [2.05, 4.69) is 19.1 Å². The van der Waals surface area contributed by atoms with Gasteiger partial charge in [-0.2, -0.15) is 0 Å². The molecule has 0 aromatic rings. The summed E-state index contributed by atoms with van der Waals surface area (Å²) in [6.45, 7) is 2.23. The van der Waals surface area contributed by atoms with E-state index in [1.807, 2.05) is 0 Å². The third-order valence-corrected chi connectivity index (χ3v) is 4.07. The molecule has 3 heteroatoms. The van der Waals surface area contributed by atoms with Crippen molar-refractivity contribution in [2.24, 2.45) is 0 Å². The van der Waals surface area contributed by atoms with Crippen LogP contribution >= 0.6 is 0 Å². The number of hydrogen-bond acceptors (Lipinski definition) is 3. The lowest BCUT2D eigenvalue weighted by molar-refractivity contribution is -0.305. The van der Waals surface area contributed by atoms with Gasteiger partial charge >= 0.3 is 0 Å². The van der Waals surface area contributed by atoms with Crippen molar-refractivity contribution in [1.29, 1.82) is 0 Å². The highest BCUT2D eigenvalue weighted by Gasteiger charge is 2.36. The molecule has 1 aliphatic rings. The molecule has 0 radical (unpaired) electrons. The minimum Gasteiger partial charge on any atom is -0.550 e. The summed E-state index contributed by atoms with van der Waals surface area (Å²) in [6.07, 6.45) is 18.4. The van der Waals surface area contributed by atoms with Crippen LogP contribution in [0.1, 0.15) is 84.0 Å². The molecule has 1 rings (SSSR count). The van der Waals surface area contributed by atoms with E-state index in [9.17, 15) is 9.90 Å². The fourth-order valence-electron chi connectivity index (χ4n) is 2.65. The summed E-state index contributed by atoms with van der Waals surface area (Å²) in [5.74, 6) is -0.924. The molecule has 1 saturated heterocycles. The van der Waals surface area contributed by atoms with Crippen LogP contribution in [0.2, 0.25) is 0 Å². The SMILES string of the molecule is CCCCC/C=C/CC1OC1CCCCCCCC(=O)[O-]. The first-order valence-corrected chi connectivity index (χ1v) is 8.74. The first-order chi connectivity index (χ1) is 10.2. The number of aliphatic carboxylic acids is 1. The van der Waals surface area contributed by atoms with Crippen LogP contribution in [0.4, 0.5) is 0 Å². The van der Waals surface area contributed by atoms with Crippen molar-refractivity contribution in [2.45, 2.75) is 96.2 Å². The molecule has 2 atom stereocenters. The van der Waals surface area contributed by atoms with Crippen molar-refractivity contribution in [3.05, 3.63) is 12.2 Å². The van der Waals surface area contributed by atoms with Gasteiger partial charge in [0.05, 0.1) is 12.2 Å². The Balaban J connectivity index is 1.83. The van der Waals surface area contributed by atoms with Gasteiger partial charge < -0.3 is 14.6 Å². The fourth-order valence-corrected chi connectivity index (χ4v) is 2.65. The summed E-state index contributed by atoms with van der Waals surface area (Å²) in [7, 11) is 0. The predicted octanol–water partition coefficient (Wildman–Crippen LogP) is 3.76. The Kier molecular flexibility index (Phi) is 10.2. The third-order valence-electron chi connectivity index (χ3n) is 4.07. The molecule has 0 saturated carbocycles. The molecule has 0 spiro atoms. The third kappa shape index (κ3) is 10.5. The number of carbonyl (C=O) groups is 1. The maximum absolute atomic E-state index is 10.2. The molecule has 0 N–H and O–H groups in total. The van der Waals surface area contributed by atoms with Gasteiger partial charge in [0.1, 0.15) is 0 Å². The summed E-state index contributed by atoms with van der Waals surface area (Å²) in [4.78, 5) is 10.2. The van der Waals surface area contributed by atoms with Crippen LogP contribution in [0.3, 0.4) is 0 Å². The Morgan fingerprint density at radius 2 is 1.76 bits per heavy atom. The van der Waals surface area contributed by atoms with Crippen LogP contribution in [0, 0.1) is 0 Å². The Bertz CT molecular complexity index is 299. The van der Waals surface area contributed by atoms with E-state index in [4.69, 9.17) is 4.74 Å². The van der Waals surface area contributed by atoms with E-state index in [0.717, 1.165) is 32.1 Å². The maximum atomic E-state index is 10.2. The first-order valence-electron chi connectivity index (χ1n) is 8.74. The molecular formula is C18H31O3-. The monoisotopic (exact) mass is 295 g/mol. The van der Waals surface area contributed by atoms with Crippen molar-refractivity contribution in [1.82, 2.24) is 0 Å². The Labute approximate surface area is 129 Å². The second-order valence-corrected chi connectivity index (χ2v) is 6.09. The van der Waals surface area contributed by atoms with Crippen LogP contribution in [-0.2, 0) is 9.53 Å². The summed E-state index contributed by atoms with van der Waals surface area (Å²) in [5, 5.41) is 10.2. The summed E-state index contributed by atoms with van der Waals surface area (Å²) in [6, 6.07) is 0. The molecule has 21 heavy (non-hydrogen) atoms. The average molecular weight is 295 g/mol. The van der Waals surface area contributed by atoms with Gasteiger partial charge in [-0.05, 0) is 38.5 Å². The Hall–Kier alpha value is -0.830. The lowest BCUT2D eigenvalue weighted by atomic mass is 10.1. The standard InChI is InChI=1S/C18H32O3/c1-2-3-4-5-7-10-13-16-17(21-16)14-11-8-6-9-12-15-18(19)20/h7,10,16-17H,2-6,8-9,11-15H2,1H3,(H,19,20)/p-1/b10-7+. The van der Waals surface area contributed by atoms with Gasteiger partial charge in [0.2, 0.25) is 0 Å². The molecule has 122 valence electrons. The van der Waals surface area contributed by atoms with E-state index in [-0.39, 0.29) is 6.42 Å². The van der Waals surface area contributed by atoms with Gasteiger partial charge in [-0.15, -0.1) is 0 Å². The average Bonchev–Trinajstić information content (AvgIpc) is 3.20. The summed E-state index contributed by atoms with van der Waals surface area (Å²) >= 11 is 0. The van der Waals surface area contributed by atoms with E-state index in [1.54, 1.807) is 0 Å². The highest BCUT2D eigenvalue weighted by molar-refractivity contribution is 5.63. The highest BCUT2D eigenvalue weighted by Crippen LogP contribution is 2.30. The Morgan fingerprint density at radius 1 is 1.00 bits per heavy atom. The minimum absolute atomic E-state index is 0.207. The molecule has 1 fully saturated rings. The smallest absolute Gasteiger partial charge is 0.0876 e. The number of carboxylic acid groups (broad SMARTS) is 1. The van der Waals surface area contributed by atoms with Gasteiger partial charge in [0.15, 0.2) is 0 Å². The molecule has 2 unspecified atom stereocenters. The molecule has 3 nitrogen and oxygen atoms in total. The topological polar surface area (TPSA) is 52.7 Å². The summed E-state index contributed by atoms with van der Waals surface area (Å²) in [5.41, 5.74) is 0. The molecular weight excluding hydrogens is 264 g/mol. The van der Waals surface area contributed by atoms with Crippen molar-refractivity contribution in [2.75, 3.05) is 0 Å². The van der Waals surface area contributed by atoms with Crippen LogP contribution in [0.15, 0.2) is 12.2 Å². The van der Waals surface area contributed by atoms with E-state index in [0.29, 0.717) is 12.2 Å². The fraction of sp³-hybridized carbons (Fsp3) is 0.833. The van der Waals surface area contributed by atoms with Gasteiger partial charge in [0, 0.05) is 5.97 Å². The number of rotatable bonds is 14. The zero-order chi connectivity index (χ0) is 15.3. The highest BCUT2D eigenvalue weighted by atomic mass is 16.6. The minimum atomic E-state index is -0.924. The molecule has 1 aliphatic heterocycles. The van der Waals surface area contributed by atoms with E-state index >= 15 is 0 Å². The zero-order valence-corrected chi connectivity index (χ0v) is 13.5.